The second-order valence-electron chi connectivity index (χ2n) is 5.36. The number of nitrogens with zero attached hydrogens (tertiary/aromatic N) is 1. The number of carbonyl (C=O) groups excluding carboxylic acids is 1. The number of fused-ring (bicyclic) bond motifs is 1. The molecule has 3 rings (SSSR count). The molecular formula is C15H19NO2. The van der Waals surface area contributed by atoms with Crippen LogP contribution in [-0.2, 0) is 9.53 Å². The van der Waals surface area contributed by atoms with Crippen molar-refractivity contribution in [1.29, 1.82) is 0 Å². The van der Waals surface area contributed by atoms with Crippen LogP contribution in [0.3, 0.4) is 0 Å². The van der Waals surface area contributed by atoms with Crippen LogP contribution in [-0.4, -0.2) is 30.6 Å². The number of hydrogen-bond acceptors (Lipinski definition) is 3. The Balaban J connectivity index is 1.73. The Morgan fingerprint density at radius 2 is 2.06 bits per heavy atom. The van der Waals surface area contributed by atoms with Gasteiger partial charge >= 0.3 is 5.97 Å². The van der Waals surface area contributed by atoms with Gasteiger partial charge in [-0.3, -0.25) is 9.69 Å². The van der Waals surface area contributed by atoms with E-state index in [9.17, 15) is 4.79 Å². The van der Waals surface area contributed by atoms with Crippen LogP contribution in [0.25, 0.3) is 0 Å². The van der Waals surface area contributed by atoms with E-state index in [1.165, 1.54) is 5.56 Å². The van der Waals surface area contributed by atoms with Crippen LogP contribution in [0, 0.1) is 11.8 Å². The second-order valence-corrected chi connectivity index (χ2v) is 5.36. The fraction of sp³-hybridized carbons (Fsp3) is 0.533. The van der Waals surface area contributed by atoms with E-state index in [2.05, 4.69) is 36.1 Å². The topological polar surface area (TPSA) is 29.5 Å². The second kappa shape index (κ2) is 4.73. The highest BCUT2D eigenvalue weighted by Crippen LogP contribution is 2.35. The zero-order valence-electron chi connectivity index (χ0n) is 10.7. The van der Waals surface area contributed by atoms with Crippen molar-refractivity contribution < 1.29 is 9.53 Å². The van der Waals surface area contributed by atoms with Crippen molar-refractivity contribution in [2.75, 3.05) is 19.7 Å². The summed E-state index contributed by atoms with van der Waals surface area (Å²) >= 11 is 0. The van der Waals surface area contributed by atoms with E-state index in [0.29, 0.717) is 18.6 Å². The minimum absolute atomic E-state index is 0.00834. The lowest BCUT2D eigenvalue weighted by atomic mass is 9.91. The quantitative estimate of drug-likeness (QED) is 0.748. The van der Waals surface area contributed by atoms with E-state index in [4.69, 9.17) is 4.74 Å². The first-order valence-corrected chi connectivity index (χ1v) is 6.71. The lowest BCUT2D eigenvalue weighted by Crippen LogP contribution is -2.31. The first-order valence-electron chi connectivity index (χ1n) is 6.71. The van der Waals surface area contributed by atoms with Crippen molar-refractivity contribution in [1.82, 2.24) is 4.90 Å². The van der Waals surface area contributed by atoms with Crippen molar-refractivity contribution in [3.05, 3.63) is 35.9 Å². The van der Waals surface area contributed by atoms with Gasteiger partial charge in [0.15, 0.2) is 0 Å². The predicted molar refractivity (Wildman–Crippen MR) is 69.0 cm³/mol. The molecule has 0 saturated carbocycles. The number of cyclic esters (lactones) is 1. The van der Waals surface area contributed by atoms with Gasteiger partial charge in [0.05, 0.1) is 12.5 Å². The summed E-state index contributed by atoms with van der Waals surface area (Å²) in [5, 5.41) is 0. The minimum Gasteiger partial charge on any atom is -0.465 e. The van der Waals surface area contributed by atoms with Gasteiger partial charge in [-0.25, -0.2) is 0 Å². The zero-order valence-corrected chi connectivity index (χ0v) is 10.7. The number of esters is 1. The molecule has 1 aromatic carbocycles. The van der Waals surface area contributed by atoms with Gasteiger partial charge in [0.1, 0.15) is 0 Å². The highest BCUT2D eigenvalue weighted by atomic mass is 16.5. The number of benzene rings is 1. The molecule has 18 heavy (non-hydrogen) atoms. The molecule has 0 amide bonds. The first-order chi connectivity index (χ1) is 8.75. The number of hydrogen-bond donors (Lipinski definition) is 0. The summed E-state index contributed by atoms with van der Waals surface area (Å²) in [4.78, 5) is 14.1. The molecule has 0 unspecified atom stereocenters. The van der Waals surface area contributed by atoms with Gasteiger partial charge in [-0.1, -0.05) is 30.3 Å². The van der Waals surface area contributed by atoms with E-state index >= 15 is 0 Å². The van der Waals surface area contributed by atoms with Crippen LogP contribution < -0.4 is 0 Å². The van der Waals surface area contributed by atoms with Crippen LogP contribution >= 0.6 is 0 Å². The molecule has 2 aliphatic rings. The van der Waals surface area contributed by atoms with Crippen LogP contribution in [0.2, 0.25) is 0 Å². The van der Waals surface area contributed by atoms with Crippen LogP contribution in [0.1, 0.15) is 24.9 Å². The van der Waals surface area contributed by atoms with Gasteiger partial charge in [-0.2, -0.15) is 0 Å². The van der Waals surface area contributed by atoms with Crippen molar-refractivity contribution in [2.24, 2.45) is 11.8 Å². The van der Waals surface area contributed by atoms with Crippen molar-refractivity contribution >= 4 is 5.97 Å². The lowest BCUT2D eigenvalue weighted by Gasteiger charge is -2.24. The highest BCUT2D eigenvalue weighted by molar-refractivity contribution is 5.74. The van der Waals surface area contributed by atoms with Crippen molar-refractivity contribution in [2.45, 2.75) is 19.4 Å². The maximum absolute atomic E-state index is 11.7. The molecule has 3 atom stereocenters. The third kappa shape index (κ3) is 2.03. The number of carbonyl (C=O) groups is 1. The van der Waals surface area contributed by atoms with Crippen molar-refractivity contribution in [3.63, 3.8) is 0 Å². The van der Waals surface area contributed by atoms with E-state index in [-0.39, 0.29) is 11.9 Å². The largest absolute Gasteiger partial charge is 0.465 e. The molecule has 0 aromatic heterocycles. The van der Waals surface area contributed by atoms with Crippen LogP contribution in [0.15, 0.2) is 30.3 Å². The fourth-order valence-corrected chi connectivity index (χ4v) is 3.14. The van der Waals surface area contributed by atoms with E-state index in [1.54, 1.807) is 0 Å². The van der Waals surface area contributed by atoms with Gasteiger partial charge in [0.25, 0.3) is 0 Å². The Morgan fingerprint density at radius 3 is 2.78 bits per heavy atom. The van der Waals surface area contributed by atoms with E-state index in [1.807, 2.05) is 6.07 Å². The SMILES string of the molecule is C[C@@H](c1ccccc1)N1C[C@H]2CCOC(=O)[C@H]2C1. The van der Waals surface area contributed by atoms with Crippen molar-refractivity contribution in [3.8, 4) is 0 Å². The van der Waals surface area contributed by atoms with Gasteiger partial charge in [-0.05, 0) is 24.8 Å². The molecule has 3 heteroatoms. The molecule has 96 valence electrons. The molecule has 1 aromatic rings. The summed E-state index contributed by atoms with van der Waals surface area (Å²) in [7, 11) is 0. The minimum atomic E-state index is 0.00834. The average Bonchev–Trinajstić information content (AvgIpc) is 2.84. The molecule has 0 aliphatic carbocycles. The Labute approximate surface area is 108 Å². The molecule has 0 spiro atoms. The average molecular weight is 245 g/mol. The highest BCUT2D eigenvalue weighted by Gasteiger charge is 2.42. The molecule has 0 radical (unpaired) electrons. The molecular weight excluding hydrogens is 226 g/mol. The predicted octanol–water partition coefficient (Wildman–Crippen LogP) is 2.24. The third-order valence-electron chi connectivity index (χ3n) is 4.33. The van der Waals surface area contributed by atoms with Gasteiger partial charge in [-0.15, -0.1) is 0 Å². The molecule has 2 aliphatic heterocycles. The van der Waals surface area contributed by atoms with Crippen LogP contribution in [0.5, 0.6) is 0 Å². The summed E-state index contributed by atoms with van der Waals surface area (Å²) in [5.74, 6) is 0.608. The third-order valence-corrected chi connectivity index (χ3v) is 4.33. The monoisotopic (exact) mass is 245 g/mol. The summed E-state index contributed by atoms with van der Waals surface area (Å²) in [6.07, 6.45) is 1.02. The van der Waals surface area contributed by atoms with Gasteiger partial charge < -0.3 is 4.74 Å². The Bertz CT molecular complexity index is 431. The smallest absolute Gasteiger partial charge is 0.310 e. The normalized spacial score (nSPS) is 29.7. The molecule has 2 fully saturated rings. The Hall–Kier alpha value is -1.35. The number of ether oxygens (including phenoxy) is 1. The molecule has 2 saturated heterocycles. The molecule has 0 bridgehead atoms. The fourth-order valence-electron chi connectivity index (χ4n) is 3.14. The molecule has 0 N–H and O–H groups in total. The first kappa shape index (κ1) is 11.7. The summed E-state index contributed by atoms with van der Waals surface area (Å²) < 4.78 is 5.16. The lowest BCUT2D eigenvalue weighted by molar-refractivity contribution is -0.154. The summed E-state index contributed by atoms with van der Waals surface area (Å²) in [6.45, 7) is 4.70. The summed E-state index contributed by atoms with van der Waals surface area (Å²) in [6, 6.07) is 10.9. The molecule has 3 nitrogen and oxygen atoms in total. The number of likely N-dealkylation sites (tertiary alicyclic amines) is 1. The van der Waals surface area contributed by atoms with Gasteiger partial charge in [0, 0.05) is 19.1 Å². The van der Waals surface area contributed by atoms with E-state index in [0.717, 1.165) is 19.5 Å². The standard InChI is InChI=1S/C15H19NO2/c1-11(12-5-3-2-4-6-12)16-9-13-7-8-18-15(17)14(13)10-16/h2-6,11,13-14H,7-10H2,1H3/t11-,13+,14-/m0/s1. The number of rotatable bonds is 2. The van der Waals surface area contributed by atoms with Gasteiger partial charge in [0.2, 0.25) is 0 Å². The van der Waals surface area contributed by atoms with Crippen LogP contribution in [0.4, 0.5) is 0 Å². The Kier molecular flexibility index (Phi) is 3.08. The molecule has 2 heterocycles. The van der Waals surface area contributed by atoms with E-state index < -0.39 is 0 Å². The zero-order chi connectivity index (χ0) is 12.5. The maximum Gasteiger partial charge on any atom is 0.310 e. The Morgan fingerprint density at radius 1 is 1.28 bits per heavy atom. The maximum atomic E-state index is 11.7. The summed E-state index contributed by atoms with van der Waals surface area (Å²) in [5.41, 5.74) is 1.32.